The van der Waals surface area contributed by atoms with Crippen molar-refractivity contribution >= 4 is 0 Å². The van der Waals surface area contributed by atoms with Crippen molar-refractivity contribution in [1.82, 2.24) is 5.32 Å². The van der Waals surface area contributed by atoms with E-state index in [9.17, 15) is 0 Å². The second-order valence-corrected chi connectivity index (χ2v) is 3.94. The Balaban J connectivity index is 3.22. The molecule has 0 aliphatic carbocycles. The minimum absolute atomic E-state index is 0.222. The minimum Gasteiger partial charge on any atom is -0.379 e. The third-order valence-corrected chi connectivity index (χ3v) is 2.29. The van der Waals surface area contributed by atoms with Crippen molar-refractivity contribution in [2.45, 2.75) is 52.7 Å². The van der Waals surface area contributed by atoms with E-state index in [1.807, 2.05) is 6.92 Å². The summed E-state index contributed by atoms with van der Waals surface area (Å²) in [5, 5.41) is 3.39. The molecule has 0 spiro atoms. The maximum absolute atomic E-state index is 5.62. The predicted octanol–water partition coefficient (Wildman–Crippen LogP) is 2.21. The summed E-state index contributed by atoms with van der Waals surface area (Å²) in [5.74, 6) is 0. The fourth-order valence-corrected chi connectivity index (χ4v) is 1.46. The lowest BCUT2D eigenvalue weighted by molar-refractivity contribution is -0.00490. The molecule has 3 heteroatoms. The van der Waals surface area contributed by atoms with Crippen LogP contribution < -0.4 is 5.32 Å². The SMILES string of the molecule is CCNC(C)CCCOC(C)COCC. The summed E-state index contributed by atoms with van der Waals surface area (Å²) in [7, 11) is 0. The van der Waals surface area contributed by atoms with Crippen molar-refractivity contribution in [1.29, 1.82) is 0 Å². The second kappa shape index (κ2) is 10.4. The Kier molecular flexibility index (Phi) is 10.3. The van der Waals surface area contributed by atoms with Crippen LogP contribution in [0.4, 0.5) is 0 Å². The summed E-state index contributed by atoms with van der Waals surface area (Å²) in [6.45, 7) is 11.8. The van der Waals surface area contributed by atoms with Crippen molar-refractivity contribution in [3.8, 4) is 0 Å². The van der Waals surface area contributed by atoms with E-state index in [1.54, 1.807) is 0 Å². The summed E-state index contributed by atoms with van der Waals surface area (Å²) in [5.41, 5.74) is 0. The summed E-state index contributed by atoms with van der Waals surface area (Å²) in [6.07, 6.45) is 2.51. The van der Waals surface area contributed by atoms with Crippen molar-refractivity contribution in [3.63, 3.8) is 0 Å². The van der Waals surface area contributed by atoms with E-state index in [0.29, 0.717) is 12.6 Å². The lowest BCUT2D eigenvalue weighted by Crippen LogP contribution is -2.26. The largest absolute Gasteiger partial charge is 0.379 e. The Morgan fingerprint density at radius 1 is 1.20 bits per heavy atom. The molecule has 0 saturated heterocycles. The first-order chi connectivity index (χ1) is 7.20. The lowest BCUT2D eigenvalue weighted by Gasteiger charge is -2.15. The molecule has 0 saturated carbocycles. The highest BCUT2D eigenvalue weighted by Gasteiger charge is 2.03. The number of hydrogen-bond acceptors (Lipinski definition) is 3. The lowest BCUT2D eigenvalue weighted by atomic mass is 10.2. The normalized spacial score (nSPS) is 15.2. The molecule has 2 unspecified atom stereocenters. The van der Waals surface area contributed by atoms with Gasteiger partial charge in [0, 0.05) is 19.3 Å². The van der Waals surface area contributed by atoms with Crippen LogP contribution in [0.2, 0.25) is 0 Å². The van der Waals surface area contributed by atoms with Gasteiger partial charge in [-0.05, 0) is 40.2 Å². The van der Waals surface area contributed by atoms with Crippen molar-refractivity contribution < 1.29 is 9.47 Å². The van der Waals surface area contributed by atoms with Gasteiger partial charge in [0.05, 0.1) is 12.7 Å². The van der Waals surface area contributed by atoms with Gasteiger partial charge in [0.1, 0.15) is 0 Å². The van der Waals surface area contributed by atoms with Gasteiger partial charge in [-0.15, -0.1) is 0 Å². The van der Waals surface area contributed by atoms with Gasteiger partial charge in [0.2, 0.25) is 0 Å². The molecule has 2 atom stereocenters. The Morgan fingerprint density at radius 2 is 1.93 bits per heavy atom. The standard InChI is InChI=1S/C12H27NO2/c1-5-13-11(3)8-7-9-15-12(4)10-14-6-2/h11-13H,5-10H2,1-4H3. The van der Waals surface area contributed by atoms with Crippen LogP contribution in [0.25, 0.3) is 0 Å². The van der Waals surface area contributed by atoms with Gasteiger partial charge in [0.15, 0.2) is 0 Å². The van der Waals surface area contributed by atoms with Crippen LogP contribution in [0.15, 0.2) is 0 Å². The zero-order chi connectivity index (χ0) is 11.5. The van der Waals surface area contributed by atoms with E-state index in [1.165, 1.54) is 6.42 Å². The Labute approximate surface area is 94.5 Å². The molecule has 0 amide bonds. The third-order valence-electron chi connectivity index (χ3n) is 2.29. The average molecular weight is 217 g/mol. The summed E-state index contributed by atoms with van der Waals surface area (Å²) in [6, 6.07) is 0.598. The zero-order valence-corrected chi connectivity index (χ0v) is 10.7. The molecule has 3 nitrogen and oxygen atoms in total. The zero-order valence-electron chi connectivity index (χ0n) is 10.7. The Morgan fingerprint density at radius 3 is 2.53 bits per heavy atom. The fraction of sp³-hybridized carbons (Fsp3) is 1.00. The number of ether oxygens (including phenoxy) is 2. The molecule has 0 aromatic heterocycles. The Bertz CT molecular complexity index is 131. The van der Waals surface area contributed by atoms with Crippen LogP contribution in [0.3, 0.4) is 0 Å². The van der Waals surface area contributed by atoms with Crippen LogP contribution in [0, 0.1) is 0 Å². The highest BCUT2D eigenvalue weighted by Crippen LogP contribution is 1.99. The molecule has 0 rings (SSSR count). The van der Waals surface area contributed by atoms with Crippen LogP contribution >= 0.6 is 0 Å². The number of nitrogens with one attached hydrogen (secondary N) is 1. The van der Waals surface area contributed by atoms with Gasteiger partial charge in [0.25, 0.3) is 0 Å². The highest BCUT2D eigenvalue weighted by molar-refractivity contribution is 4.58. The maximum atomic E-state index is 5.62. The molecular weight excluding hydrogens is 190 g/mol. The van der Waals surface area contributed by atoms with Crippen molar-refractivity contribution in [2.75, 3.05) is 26.4 Å². The molecular formula is C12H27NO2. The van der Waals surface area contributed by atoms with Gasteiger partial charge in [-0.1, -0.05) is 6.92 Å². The van der Waals surface area contributed by atoms with E-state index in [-0.39, 0.29) is 6.10 Å². The molecule has 0 aliphatic heterocycles. The first kappa shape index (κ1) is 14.9. The predicted molar refractivity (Wildman–Crippen MR) is 64.3 cm³/mol. The molecule has 0 aromatic rings. The first-order valence-corrected chi connectivity index (χ1v) is 6.13. The molecule has 0 radical (unpaired) electrons. The molecule has 15 heavy (non-hydrogen) atoms. The number of rotatable bonds is 10. The van der Waals surface area contributed by atoms with Gasteiger partial charge >= 0.3 is 0 Å². The van der Waals surface area contributed by atoms with Crippen LogP contribution in [0.1, 0.15) is 40.5 Å². The summed E-state index contributed by atoms with van der Waals surface area (Å²) in [4.78, 5) is 0. The van der Waals surface area contributed by atoms with E-state index in [4.69, 9.17) is 9.47 Å². The molecule has 92 valence electrons. The van der Waals surface area contributed by atoms with Gasteiger partial charge in [-0.2, -0.15) is 0 Å². The van der Waals surface area contributed by atoms with Crippen LogP contribution in [-0.2, 0) is 9.47 Å². The molecule has 0 aliphatic rings. The average Bonchev–Trinajstić information content (AvgIpc) is 2.22. The molecule has 0 heterocycles. The Hall–Kier alpha value is -0.120. The number of hydrogen-bond donors (Lipinski definition) is 1. The van der Waals surface area contributed by atoms with Crippen molar-refractivity contribution in [2.24, 2.45) is 0 Å². The highest BCUT2D eigenvalue weighted by atomic mass is 16.5. The molecule has 0 bridgehead atoms. The van der Waals surface area contributed by atoms with Crippen LogP contribution in [0.5, 0.6) is 0 Å². The smallest absolute Gasteiger partial charge is 0.0780 e. The van der Waals surface area contributed by atoms with Crippen LogP contribution in [-0.4, -0.2) is 38.5 Å². The van der Waals surface area contributed by atoms with E-state index < -0.39 is 0 Å². The maximum Gasteiger partial charge on any atom is 0.0780 e. The topological polar surface area (TPSA) is 30.5 Å². The van der Waals surface area contributed by atoms with Crippen molar-refractivity contribution in [3.05, 3.63) is 0 Å². The third kappa shape index (κ3) is 10.2. The minimum atomic E-state index is 0.222. The van der Waals surface area contributed by atoms with E-state index in [2.05, 4.69) is 26.1 Å². The first-order valence-electron chi connectivity index (χ1n) is 6.13. The van der Waals surface area contributed by atoms with E-state index in [0.717, 1.165) is 26.2 Å². The summed E-state index contributed by atoms with van der Waals surface area (Å²) < 4.78 is 10.9. The van der Waals surface area contributed by atoms with E-state index >= 15 is 0 Å². The van der Waals surface area contributed by atoms with Gasteiger partial charge < -0.3 is 14.8 Å². The molecule has 0 fully saturated rings. The van der Waals surface area contributed by atoms with Gasteiger partial charge in [-0.25, -0.2) is 0 Å². The quantitative estimate of drug-likeness (QED) is 0.569. The second-order valence-electron chi connectivity index (χ2n) is 3.94. The molecule has 0 aromatic carbocycles. The summed E-state index contributed by atoms with van der Waals surface area (Å²) >= 11 is 0. The fourth-order valence-electron chi connectivity index (χ4n) is 1.46. The molecule has 1 N–H and O–H groups in total. The monoisotopic (exact) mass is 217 g/mol. The van der Waals surface area contributed by atoms with Gasteiger partial charge in [-0.3, -0.25) is 0 Å².